The molecule has 0 unspecified atom stereocenters. The second kappa shape index (κ2) is 14.1. The van der Waals surface area contributed by atoms with E-state index in [1.54, 1.807) is 0 Å². The molecule has 0 N–H and O–H groups in total. The van der Waals surface area contributed by atoms with Crippen LogP contribution in [0.2, 0.25) is 0 Å². The van der Waals surface area contributed by atoms with Gasteiger partial charge in [-0.1, -0.05) is 146 Å². The Balaban J connectivity index is 0.957. The molecule has 332 valence electrons. The summed E-state index contributed by atoms with van der Waals surface area (Å²) < 4.78 is 9.98. The van der Waals surface area contributed by atoms with Crippen molar-refractivity contribution in [2.75, 3.05) is 4.90 Å². The Labute approximate surface area is 413 Å². The number of hydrogen-bond donors (Lipinski definition) is 0. The van der Waals surface area contributed by atoms with E-state index < -0.39 is 0 Å². The van der Waals surface area contributed by atoms with Crippen molar-refractivity contribution >= 4 is 127 Å². The maximum Gasteiger partial charge on any atom is 0.252 e. The third-order valence-corrected chi connectivity index (χ3v) is 16.1. The SMILES string of the molecule is c1ccc2c(c1)c1ccccc1n2-c1ccc(N(c2ccc(-n3c4ccccc4c4ccccc43)cc2)c2ccc3c4c2-n2c5ccccc5c5cccc(c52)B4c2cccc4c5ccccc5n-3c24)cc1. The third-order valence-electron chi connectivity index (χ3n) is 16.1. The topological polar surface area (TPSA) is 23.0 Å². The summed E-state index contributed by atoms with van der Waals surface area (Å²) in [6, 6.07) is 90.3. The zero-order valence-electron chi connectivity index (χ0n) is 38.9. The predicted octanol–water partition coefficient (Wildman–Crippen LogP) is 14.7. The number of hydrogen-bond acceptors (Lipinski definition) is 1. The van der Waals surface area contributed by atoms with E-state index in [1.165, 1.54) is 115 Å². The summed E-state index contributed by atoms with van der Waals surface area (Å²) in [4.78, 5) is 2.51. The van der Waals surface area contributed by atoms with Crippen molar-refractivity contribution in [3.8, 4) is 22.7 Å². The van der Waals surface area contributed by atoms with Crippen LogP contribution in [0, 0.1) is 0 Å². The lowest BCUT2D eigenvalue weighted by Crippen LogP contribution is -2.59. The van der Waals surface area contributed by atoms with Crippen LogP contribution in [0.5, 0.6) is 0 Å². The van der Waals surface area contributed by atoms with Crippen molar-refractivity contribution in [1.29, 1.82) is 0 Å². The molecule has 15 aromatic rings. The number of benzene rings is 11. The molecule has 4 aromatic heterocycles. The molecule has 2 aliphatic heterocycles. The molecule has 0 radical (unpaired) electrons. The van der Waals surface area contributed by atoms with Gasteiger partial charge in [0.1, 0.15) is 0 Å². The van der Waals surface area contributed by atoms with Crippen molar-refractivity contribution < 1.29 is 0 Å². The quantitative estimate of drug-likeness (QED) is 0.158. The number of fused-ring (bicyclic) bond motifs is 16. The van der Waals surface area contributed by atoms with Crippen molar-refractivity contribution in [2.24, 2.45) is 0 Å². The maximum absolute atomic E-state index is 2.60. The minimum atomic E-state index is 0.00758. The first kappa shape index (κ1) is 38.3. The Morgan fingerprint density at radius 3 is 1.06 bits per heavy atom. The number of para-hydroxylation sites is 8. The molecule has 0 saturated carbocycles. The highest BCUT2D eigenvalue weighted by molar-refractivity contribution is 7.00. The van der Waals surface area contributed by atoms with Gasteiger partial charge in [-0.2, -0.15) is 0 Å². The lowest BCUT2D eigenvalue weighted by Gasteiger charge is -2.37. The first-order valence-corrected chi connectivity index (χ1v) is 25.0. The van der Waals surface area contributed by atoms with Crippen LogP contribution in [-0.4, -0.2) is 25.0 Å². The molecule has 6 heteroatoms. The van der Waals surface area contributed by atoms with Crippen LogP contribution in [0.3, 0.4) is 0 Å². The van der Waals surface area contributed by atoms with E-state index in [0.29, 0.717) is 0 Å². The van der Waals surface area contributed by atoms with Gasteiger partial charge < -0.3 is 23.2 Å². The second-order valence-electron chi connectivity index (χ2n) is 19.6. The smallest absolute Gasteiger partial charge is 0.252 e. The summed E-state index contributed by atoms with van der Waals surface area (Å²) in [5.74, 6) is 0. The van der Waals surface area contributed by atoms with Gasteiger partial charge in [-0.15, -0.1) is 0 Å². The molecular formula is C66H40BN5. The fourth-order valence-corrected chi connectivity index (χ4v) is 13.3. The van der Waals surface area contributed by atoms with E-state index in [4.69, 9.17) is 0 Å². The zero-order valence-corrected chi connectivity index (χ0v) is 38.9. The normalized spacial score (nSPS) is 12.7. The average molecular weight is 914 g/mol. The van der Waals surface area contributed by atoms with Crippen molar-refractivity contribution in [1.82, 2.24) is 18.3 Å². The molecule has 17 rings (SSSR count). The summed E-state index contributed by atoms with van der Waals surface area (Å²) in [5, 5.41) is 10.1. The van der Waals surface area contributed by atoms with Gasteiger partial charge in [-0.05, 0) is 113 Å². The number of anilines is 3. The minimum absolute atomic E-state index is 0.00758. The van der Waals surface area contributed by atoms with Crippen LogP contribution in [0.4, 0.5) is 17.1 Å². The fraction of sp³-hybridized carbons (Fsp3) is 0. The van der Waals surface area contributed by atoms with Gasteiger partial charge in [0, 0.05) is 82.6 Å². The maximum atomic E-state index is 2.60. The Morgan fingerprint density at radius 2 is 0.625 bits per heavy atom. The monoisotopic (exact) mass is 913 g/mol. The van der Waals surface area contributed by atoms with Crippen molar-refractivity contribution in [2.45, 2.75) is 0 Å². The van der Waals surface area contributed by atoms with E-state index in [-0.39, 0.29) is 6.71 Å². The lowest BCUT2D eigenvalue weighted by molar-refractivity contribution is 1.12. The molecule has 0 saturated heterocycles. The molecule has 2 aliphatic rings. The average Bonchev–Trinajstić information content (AvgIpc) is 4.18. The van der Waals surface area contributed by atoms with Crippen LogP contribution in [0.15, 0.2) is 243 Å². The summed E-state index contributed by atoms with van der Waals surface area (Å²) in [5.41, 5.74) is 21.8. The van der Waals surface area contributed by atoms with Gasteiger partial charge >= 0.3 is 0 Å². The Kier molecular flexibility index (Phi) is 7.49. The van der Waals surface area contributed by atoms with Crippen molar-refractivity contribution in [3.05, 3.63) is 243 Å². The molecule has 0 atom stereocenters. The minimum Gasteiger partial charge on any atom is -0.310 e. The van der Waals surface area contributed by atoms with Gasteiger partial charge in [-0.25, -0.2) is 0 Å². The molecule has 11 aromatic carbocycles. The highest BCUT2D eigenvalue weighted by Gasteiger charge is 2.42. The fourth-order valence-electron chi connectivity index (χ4n) is 13.3. The summed E-state index contributed by atoms with van der Waals surface area (Å²) in [6.45, 7) is 0.00758. The summed E-state index contributed by atoms with van der Waals surface area (Å²) >= 11 is 0. The Hall–Kier alpha value is -9.52. The highest BCUT2D eigenvalue weighted by Crippen LogP contribution is 2.46. The molecule has 0 aliphatic carbocycles. The summed E-state index contributed by atoms with van der Waals surface area (Å²) in [7, 11) is 0. The number of aromatic nitrogens is 4. The number of rotatable bonds is 5. The third kappa shape index (κ3) is 4.88. The van der Waals surface area contributed by atoms with Gasteiger partial charge in [-0.3, -0.25) is 0 Å². The molecule has 0 spiro atoms. The van der Waals surface area contributed by atoms with Gasteiger partial charge in [0.25, 0.3) is 6.71 Å². The number of nitrogens with zero attached hydrogens (tertiary/aromatic N) is 5. The van der Waals surface area contributed by atoms with Crippen molar-refractivity contribution in [3.63, 3.8) is 0 Å². The molecule has 0 bridgehead atoms. The first-order valence-electron chi connectivity index (χ1n) is 25.0. The largest absolute Gasteiger partial charge is 0.310 e. The van der Waals surface area contributed by atoms with E-state index >= 15 is 0 Å². The van der Waals surface area contributed by atoms with Crippen LogP contribution >= 0.6 is 0 Å². The second-order valence-corrected chi connectivity index (χ2v) is 19.6. The Bertz CT molecular complexity index is 4550. The molecular weight excluding hydrogens is 874 g/mol. The predicted molar refractivity (Wildman–Crippen MR) is 303 cm³/mol. The van der Waals surface area contributed by atoms with Crippen LogP contribution in [0.1, 0.15) is 0 Å². The molecule has 5 nitrogen and oxygen atoms in total. The van der Waals surface area contributed by atoms with E-state index in [1.807, 2.05) is 0 Å². The lowest BCUT2D eigenvalue weighted by atomic mass is 9.34. The van der Waals surface area contributed by atoms with Gasteiger partial charge in [0.2, 0.25) is 0 Å². The van der Waals surface area contributed by atoms with Crippen LogP contribution in [-0.2, 0) is 0 Å². The van der Waals surface area contributed by atoms with E-state index in [2.05, 4.69) is 266 Å². The van der Waals surface area contributed by atoms with E-state index in [0.717, 1.165) is 28.4 Å². The molecule has 0 fully saturated rings. The van der Waals surface area contributed by atoms with Crippen LogP contribution < -0.4 is 21.3 Å². The molecule has 0 amide bonds. The standard InChI is InChI=1S/C66H40BN5/c1-7-25-55-45(15-1)46-16-2-8-26-56(46)69(55)43-35-31-41(32-36-43)68(42-33-37-44(38-34-42)70-57-27-9-3-17-47(57)48-18-4-10-28-58(48)70)62-40-39-61-63-66(62)72-60-30-12-6-20-50(60)52-22-14-24-54(65(52)72)67(63)53-23-13-21-51-49-19-5-11-29-59(49)71(61)64(51)53/h1-40H. The van der Waals surface area contributed by atoms with Gasteiger partial charge in [0.15, 0.2) is 0 Å². The summed E-state index contributed by atoms with van der Waals surface area (Å²) in [6.07, 6.45) is 0. The Morgan fingerprint density at radius 1 is 0.278 bits per heavy atom. The zero-order chi connectivity index (χ0) is 46.8. The molecule has 6 heterocycles. The molecule has 72 heavy (non-hydrogen) atoms. The highest BCUT2D eigenvalue weighted by atomic mass is 15.2. The first-order chi connectivity index (χ1) is 35.8. The van der Waals surface area contributed by atoms with Gasteiger partial charge in [0.05, 0.1) is 44.5 Å². The van der Waals surface area contributed by atoms with Crippen LogP contribution in [0.25, 0.3) is 110 Å². The van der Waals surface area contributed by atoms with E-state index in [9.17, 15) is 0 Å².